The Balaban J connectivity index is 2.03. The molecule has 29 heavy (non-hydrogen) atoms. The molecule has 1 aromatic carbocycles. The number of ether oxygens (including phenoxy) is 1. The van der Waals surface area contributed by atoms with Gasteiger partial charge in [-0.15, -0.1) is 10.2 Å². The van der Waals surface area contributed by atoms with Gasteiger partial charge in [0.2, 0.25) is 0 Å². The summed E-state index contributed by atoms with van der Waals surface area (Å²) in [5.41, 5.74) is -0.277. The van der Waals surface area contributed by atoms with E-state index in [1.54, 1.807) is 31.8 Å². The number of halogens is 3. The van der Waals surface area contributed by atoms with Gasteiger partial charge in [0.15, 0.2) is 21.8 Å². The van der Waals surface area contributed by atoms with E-state index in [0.717, 1.165) is 23.4 Å². The number of hydrogen-bond acceptors (Lipinski definition) is 7. The van der Waals surface area contributed by atoms with Crippen LogP contribution in [0, 0.1) is 0 Å². The molecule has 0 saturated heterocycles. The zero-order chi connectivity index (χ0) is 21.2. The molecule has 154 valence electrons. The summed E-state index contributed by atoms with van der Waals surface area (Å²) in [7, 11) is 4.79. The second-order valence-electron chi connectivity index (χ2n) is 6.14. The molecule has 0 aliphatic carbocycles. The van der Waals surface area contributed by atoms with Gasteiger partial charge in [-0.1, -0.05) is 12.1 Å². The predicted molar refractivity (Wildman–Crippen MR) is 103 cm³/mol. The van der Waals surface area contributed by atoms with Gasteiger partial charge in [-0.05, 0) is 30.8 Å². The lowest BCUT2D eigenvalue weighted by atomic mass is 10.2. The van der Waals surface area contributed by atoms with Crippen molar-refractivity contribution in [3.8, 4) is 17.1 Å². The van der Waals surface area contributed by atoms with Crippen molar-refractivity contribution in [2.75, 3.05) is 26.1 Å². The van der Waals surface area contributed by atoms with Crippen LogP contribution in [-0.2, 0) is 12.7 Å². The van der Waals surface area contributed by atoms with Crippen molar-refractivity contribution >= 4 is 17.6 Å². The minimum atomic E-state index is -4.58. The maximum Gasteiger partial charge on any atom is 0.433 e. The van der Waals surface area contributed by atoms with Crippen molar-refractivity contribution in [2.45, 2.75) is 30.0 Å². The summed E-state index contributed by atoms with van der Waals surface area (Å²) in [4.78, 5) is 9.36. The van der Waals surface area contributed by atoms with Crippen LogP contribution >= 0.6 is 11.8 Å². The highest BCUT2D eigenvalue weighted by atomic mass is 32.2. The zero-order valence-electron chi connectivity index (χ0n) is 16.2. The van der Waals surface area contributed by atoms with Gasteiger partial charge < -0.3 is 14.2 Å². The minimum absolute atomic E-state index is 0.0581. The van der Waals surface area contributed by atoms with Crippen LogP contribution in [0.15, 0.2) is 40.6 Å². The van der Waals surface area contributed by atoms with Crippen LogP contribution in [-0.4, -0.2) is 45.9 Å². The molecule has 0 bridgehead atoms. The molecule has 0 saturated carbocycles. The molecule has 3 rings (SSSR count). The molecule has 0 aliphatic rings. The largest absolute Gasteiger partial charge is 0.496 e. The van der Waals surface area contributed by atoms with Crippen molar-refractivity contribution in [3.05, 3.63) is 36.0 Å². The molecule has 0 N–H and O–H groups in total. The molecular formula is C18H19F3N6OS. The molecule has 0 spiro atoms. The third-order valence-corrected chi connectivity index (χ3v) is 4.85. The predicted octanol–water partition coefficient (Wildman–Crippen LogP) is 4.00. The van der Waals surface area contributed by atoms with Gasteiger partial charge in [-0.3, -0.25) is 0 Å². The number of anilines is 1. The average Bonchev–Trinajstić information content (AvgIpc) is 3.09. The van der Waals surface area contributed by atoms with E-state index < -0.39 is 11.9 Å². The molecule has 0 aliphatic heterocycles. The highest BCUT2D eigenvalue weighted by Gasteiger charge is 2.34. The number of aromatic nitrogens is 5. The number of para-hydroxylation sites is 1. The van der Waals surface area contributed by atoms with E-state index in [0.29, 0.717) is 23.3 Å². The van der Waals surface area contributed by atoms with Crippen molar-refractivity contribution in [3.63, 3.8) is 0 Å². The highest BCUT2D eigenvalue weighted by molar-refractivity contribution is 7.99. The summed E-state index contributed by atoms with van der Waals surface area (Å²) in [6.45, 7) is 2.40. The molecule has 0 fully saturated rings. The minimum Gasteiger partial charge on any atom is -0.496 e. The summed E-state index contributed by atoms with van der Waals surface area (Å²) in [5.74, 6) is 1.32. The monoisotopic (exact) mass is 424 g/mol. The number of hydrogen-bond donors (Lipinski definition) is 0. The molecule has 0 amide bonds. The van der Waals surface area contributed by atoms with E-state index in [-0.39, 0.29) is 11.0 Å². The lowest BCUT2D eigenvalue weighted by molar-refractivity contribution is -0.141. The van der Waals surface area contributed by atoms with Gasteiger partial charge in [-0.25, -0.2) is 9.97 Å². The Morgan fingerprint density at radius 3 is 2.48 bits per heavy atom. The molecule has 0 radical (unpaired) electrons. The maximum atomic E-state index is 13.2. The standard InChI is InChI=1S/C18H19F3N6OS/c1-5-27-15(11-8-6-7-9-12(11)28-4)24-25-17(27)29-16-22-13(18(19,20)21)10-14(23-16)26(2)3/h6-10H,5H2,1-4H3. The maximum absolute atomic E-state index is 13.2. The second-order valence-corrected chi connectivity index (χ2v) is 7.07. The fourth-order valence-corrected chi connectivity index (χ4v) is 3.45. The molecule has 2 heterocycles. The highest BCUT2D eigenvalue weighted by Crippen LogP contribution is 2.35. The van der Waals surface area contributed by atoms with Gasteiger partial charge >= 0.3 is 6.18 Å². The van der Waals surface area contributed by atoms with E-state index in [1.165, 1.54) is 4.90 Å². The van der Waals surface area contributed by atoms with E-state index >= 15 is 0 Å². The van der Waals surface area contributed by atoms with Crippen LogP contribution in [0.2, 0.25) is 0 Å². The summed E-state index contributed by atoms with van der Waals surface area (Å²) < 4.78 is 46.9. The van der Waals surface area contributed by atoms with Gasteiger partial charge in [0, 0.05) is 26.7 Å². The van der Waals surface area contributed by atoms with Gasteiger partial charge in [0.25, 0.3) is 0 Å². The van der Waals surface area contributed by atoms with Crippen molar-refractivity contribution in [1.29, 1.82) is 0 Å². The first-order chi connectivity index (χ1) is 13.7. The Hall–Kier alpha value is -2.82. The number of benzene rings is 1. The fourth-order valence-electron chi connectivity index (χ4n) is 2.59. The van der Waals surface area contributed by atoms with Gasteiger partial charge in [-0.2, -0.15) is 13.2 Å². The van der Waals surface area contributed by atoms with Gasteiger partial charge in [0.05, 0.1) is 12.7 Å². The average molecular weight is 424 g/mol. The Kier molecular flexibility index (Phi) is 5.96. The molecule has 7 nitrogen and oxygen atoms in total. The molecule has 2 aromatic heterocycles. The first-order valence-corrected chi connectivity index (χ1v) is 9.44. The van der Waals surface area contributed by atoms with Crippen molar-refractivity contribution in [2.24, 2.45) is 0 Å². The number of rotatable bonds is 6. The topological polar surface area (TPSA) is 69.0 Å². The lowest BCUT2D eigenvalue weighted by Crippen LogP contribution is -2.16. The Bertz CT molecular complexity index is 1010. The number of nitrogens with zero attached hydrogens (tertiary/aromatic N) is 6. The smallest absolute Gasteiger partial charge is 0.433 e. The van der Waals surface area contributed by atoms with Crippen molar-refractivity contribution < 1.29 is 17.9 Å². The zero-order valence-corrected chi connectivity index (χ0v) is 17.0. The summed E-state index contributed by atoms with van der Waals surface area (Å²) in [5, 5.41) is 8.69. The summed E-state index contributed by atoms with van der Waals surface area (Å²) in [6, 6.07) is 8.24. The normalized spacial score (nSPS) is 11.6. The van der Waals surface area contributed by atoms with Gasteiger partial charge in [0.1, 0.15) is 11.6 Å². The molecule has 0 atom stereocenters. The van der Waals surface area contributed by atoms with E-state index in [9.17, 15) is 13.2 Å². The van der Waals surface area contributed by atoms with Crippen molar-refractivity contribution in [1.82, 2.24) is 24.7 Å². The molecule has 3 aromatic rings. The SMILES string of the molecule is CCn1c(Sc2nc(N(C)C)cc(C(F)(F)F)n2)nnc1-c1ccccc1OC. The Labute approximate surface area is 169 Å². The quantitative estimate of drug-likeness (QED) is 0.554. The van der Waals surface area contributed by atoms with Crippen LogP contribution in [0.1, 0.15) is 12.6 Å². The number of methoxy groups -OCH3 is 1. The van der Waals surface area contributed by atoms with Crippen LogP contribution in [0.3, 0.4) is 0 Å². The second kappa shape index (κ2) is 8.27. The number of alkyl halides is 3. The molecule has 0 unspecified atom stereocenters. The molecular weight excluding hydrogens is 405 g/mol. The Morgan fingerprint density at radius 1 is 1.14 bits per heavy atom. The fraction of sp³-hybridized carbons (Fsp3) is 0.333. The summed E-state index contributed by atoms with van der Waals surface area (Å²) in [6.07, 6.45) is -4.58. The van der Waals surface area contributed by atoms with E-state index in [4.69, 9.17) is 4.74 Å². The Morgan fingerprint density at radius 2 is 1.86 bits per heavy atom. The third kappa shape index (κ3) is 4.44. The van der Waals surface area contributed by atoms with E-state index in [1.807, 2.05) is 25.1 Å². The molecule has 11 heteroatoms. The lowest BCUT2D eigenvalue weighted by Gasteiger charge is -2.15. The van der Waals surface area contributed by atoms with Crippen LogP contribution in [0.4, 0.5) is 19.0 Å². The third-order valence-electron chi connectivity index (χ3n) is 4.00. The van der Waals surface area contributed by atoms with E-state index in [2.05, 4.69) is 20.2 Å². The van der Waals surface area contributed by atoms with Crippen LogP contribution in [0.5, 0.6) is 5.75 Å². The first-order valence-electron chi connectivity index (χ1n) is 8.62. The van der Waals surface area contributed by atoms with Crippen LogP contribution in [0.25, 0.3) is 11.4 Å². The first kappa shape index (κ1) is 20.9. The van der Waals surface area contributed by atoms with Crippen LogP contribution < -0.4 is 9.64 Å². The summed E-state index contributed by atoms with van der Waals surface area (Å²) >= 11 is 0.929.